The Morgan fingerprint density at radius 1 is 0.459 bits per heavy atom. The van der Waals surface area contributed by atoms with Gasteiger partial charge in [0.2, 0.25) is 0 Å². The number of ether oxygens (including phenoxy) is 16. The summed E-state index contributed by atoms with van der Waals surface area (Å²) < 4.78 is 211. The van der Waals surface area contributed by atoms with Crippen LogP contribution in [-0.2, 0) is 158 Å². The van der Waals surface area contributed by atoms with Gasteiger partial charge >= 0.3 is 53.3 Å². The molecule has 61 nitrogen and oxygen atoms in total. The van der Waals surface area contributed by atoms with Crippen LogP contribution in [0.4, 0.5) is 28.1 Å². The predicted molar refractivity (Wildman–Crippen MR) is 510 cm³/mol. The predicted octanol–water partition coefficient (Wildman–Crippen LogP) is 0.0749. The van der Waals surface area contributed by atoms with Gasteiger partial charge in [-0.05, 0) is 56.4 Å². The molecule has 0 aromatic carbocycles. The van der Waals surface area contributed by atoms with Gasteiger partial charge < -0.3 is 148 Å². The highest BCUT2D eigenvalue weighted by molar-refractivity contribution is 8.44. The number of aliphatic hydroxyl groups is 1. The summed E-state index contributed by atoms with van der Waals surface area (Å²) in [6.45, 7) is -14.9. The normalized spacial score (nSPS) is 30.2. The number of methoxy groups -OCH3 is 5. The third kappa shape index (κ3) is 26.3. The first kappa shape index (κ1) is 113. The Morgan fingerprint density at radius 3 is 1.35 bits per heavy atom. The van der Waals surface area contributed by atoms with Crippen LogP contribution in [0.1, 0.15) is 75.4 Å². The molecule has 0 saturated carbocycles. The third-order valence-electron chi connectivity index (χ3n) is 24.0. The number of thiol groups is 1. The summed E-state index contributed by atoms with van der Waals surface area (Å²) in [6.07, 6.45) is -24.6. The van der Waals surface area contributed by atoms with E-state index in [9.17, 15) is 43.9 Å². The number of phosphoric acid groups is 2. The molecule has 69 heteroatoms. The number of phosphoric ester groups is 2. The minimum absolute atomic E-state index is 0.00223. The molecule has 6 saturated heterocycles. The van der Waals surface area contributed by atoms with Crippen molar-refractivity contribution in [3.63, 3.8) is 0 Å². The maximum atomic E-state index is 15.7. The van der Waals surface area contributed by atoms with Gasteiger partial charge in [-0.1, -0.05) is 25.6 Å². The number of nitrogens with one attached hydrogen (secondary N) is 2. The van der Waals surface area contributed by atoms with E-state index in [0.29, 0.717) is 29.6 Å². The number of H-pyrrole nitrogens is 1. The van der Waals surface area contributed by atoms with Crippen LogP contribution in [0.2, 0.25) is 0 Å². The second-order valence-electron chi connectivity index (χ2n) is 33.8. The van der Waals surface area contributed by atoms with Crippen LogP contribution in [0.3, 0.4) is 0 Å². The summed E-state index contributed by atoms with van der Waals surface area (Å²) in [5.74, 6) is -0.189. The number of nitrogens with zero attached hydrogens (tertiary/aromatic N) is 16. The highest BCUT2D eigenvalue weighted by Crippen LogP contribution is 2.60. The molecule has 15 rings (SSSR count). The summed E-state index contributed by atoms with van der Waals surface area (Å²) in [7, 11) is -4.92. The standard InChI is InChI=1S/C77H114N23O38P5S3/c1-10-11-40-41(22-47(128-40)98-34-89-48-63(80)83-31-86-66(48)98)134-141(110,144)126-29-45-53(58(120-19-14-115-7)72(131-45)96-24-38(3)62(79)93-76(96)104)136-139(106,107)123-27-43-52(57(119-18-13-114-6)71(130-43)95-23-37(2)61(78)92-75(95)103)135-140(108,109)124-28-44-54(60(122-21-16-117-9)74(133-44)100-36-91-50-65(82)85-33-88-68(50)100)137-143(112,146)127-30-46-55(59(121-20-15-116-8)73(132-46)97-25-39(4)69(102)94-77(97)105)138-142(111,145)125-26-42-51(101)56(118-17-12-113-5)70(129-42)99-35-90-49-64(81)84-32-87-67(49)99/h23-25,31-36,40-47,51-60,62,70-74,101H,10-22,26-30,79H2,1-9H3,(H,93,104)(H,106,107)(H,108,109)(H,110,144)(H,111,145)(H,112,146)(H2,78,92,103)(H2,80,83,86)(H2,81,84,87)(H2,82,85,88)(H,94,102,105)/t40-,41?,42-,43-,44-,45-,46-,47-,51?,52?,53?,54?,55?,56+,57+,58+,59+,60+,62?,70-,71-,72-,73-,74-,141?,142?,143?/m1/s1. The molecule has 808 valence electrons. The Hall–Kier alpha value is -7.52. The van der Waals surface area contributed by atoms with Crippen molar-refractivity contribution in [3.05, 3.63) is 105 Å². The molecule has 0 spiro atoms. The molecule has 7 aliphatic rings. The summed E-state index contributed by atoms with van der Waals surface area (Å²) >= 11 is 15.9. The number of aromatic amines is 1. The van der Waals surface area contributed by atoms with Gasteiger partial charge in [0.15, 0.2) is 65.5 Å². The molecule has 29 atom stereocenters. The van der Waals surface area contributed by atoms with E-state index in [0.717, 1.165) is 26.6 Å². The first-order valence-electron chi connectivity index (χ1n) is 45.1. The molecule has 0 bridgehead atoms. The Bertz CT molecular complexity index is 6330. The number of anilines is 4. The molecule has 0 aliphatic carbocycles. The highest BCUT2D eigenvalue weighted by atomic mass is 32.7. The topological polar surface area (TPSA) is 775 Å². The van der Waals surface area contributed by atoms with Crippen molar-refractivity contribution in [2.45, 2.75) is 194 Å². The zero-order chi connectivity index (χ0) is 105. The SMILES string of the molecule is CCC[C@H]1O[C@@H](n2cnc3c(N)ncnc32)CC1OP(O)(=S)OC[C@H]1O[C@@H](N2C=C(C)C(N)NC2=O)[C@@H](OCCOC)C1OP(=O)(O)OC[C@H]1O[C@@H](n2cc(C)c(N)nc2=O)[C@@H](OCCOC)C1OP(=O)(O)OC[C@H]1O[C@@H](n2cnc3c(N)ncnc32)[C@@H](OCCOC)C1OP(=O)(S)OC[C@H]1O[C@@H](n2cc(C)c(=O)[nH]c2=O)[C@@H](OCCOC)C1OP(O)(=S)OC[C@H]1O[C@@H](n2cnc3c(N)ncnc32)[C@@H](OCCOC)C1O. The number of carbonyl (C=O) groups excluding carboxylic acids is 1. The van der Waals surface area contributed by atoms with Crippen LogP contribution in [-0.4, -0.2) is 364 Å². The van der Waals surface area contributed by atoms with Gasteiger partial charge in [0, 0.05) is 71.7 Å². The first-order chi connectivity index (χ1) is 69.7. The van der Waals surface area contributed by atoms with Gasteiger partial charge in [0.25, 0.3) is 5.56 Å². The minimum atomic E-state index is -5.91. The van der Waals surface area contributed by atoms with Crippen LogP contribution in [0.25, 0.3) is 33.5 Å². The van der Waals surface area contributed by atoms with E-state index in [2.05, 4.69) is 72.4 Å². The number of aliphatic hydroxyl groups excluding tert-OH is 1. The summed E-state index contributed by atoms with van der Waals surface area (Å²) in [6, 6.07) is -0.841. The first-order valence-corrected chi connectivity index (χ1v) is 55.9. The van der Waals surface area contributed by atoms with Crippen molar-refractivity contribution in [2.24, 2.45) is 5.73 Å². The Kier molecular flexibility index (Phi) is 37.8. The van der Waals surface area contributed by atoms with Crippen molar-refractivity contribution >= 4 is 135 Å². The smallest absolute Gasteiger partial charge is 0.387 e. The van der Waals surface area contributed by atoms with Crippen molar-refractivity contribution in [1.82, 2.24) is 87.9 Å². The van der Waals surface area contributed by atoms with E-state index in [1.807, 2.05) is 6.92 Å². The third-order valence-corrected chi connectivity index (χ3v) is 30.7. The maximum absolute atomic E-state index is 15.7. The number of urea groups is 1. The number of amides is 2. The van der Waals surface area contributed by atoms with Crippen LogP contribution < -0.4 is 50.9 Å². The van der Waals surface area contributed by atoms with E-state index in [-0.39, 0.29) is 123 Å². The van der Waals surface area contributed by atoms with Crippen LogP contribution >= 0.6 is 48.1 Å². The number of aromatic nitrogens is 16. The molecule has 7 aliphatic heterocycles. The van der Waals surface area contributed by atoms with Crippen molar-refractivity contribution in [1.29, 1.82) is 0 Å². The summed E-state index contributed by atoms with van der Waals surface area (Å²) in [5, 5.41) is 14.5. The lowest BCUT2D eigenvalue weighted by Gasteiger charge is -2.35. The van der Waals surface area contributed by atoms with Crippen LogP contribution in [0, 0.1) is 13.8 Å². The van der Waals surface area contributed by atoms with E-state index >= 15 is 13.7 Å². The van der Waals surface area contributed by atoms with E-state index in [1.165, 1.54) is 103 Å². The molecule has 8 aromatic rings. The van der Waals surface area contributed by atoms with Gasteiger partial charge in [0.1, 0.15) is 145 Å². The van der Waals surface area contributed by atoms with Crippen LogP contribution in [0.5, 0.6) is 0 Å². The van der Waals surface area contributed by atoms with E-state index < -0.39 is 246 Å². The second kappa shape index (κ2) is 49.1. The fourth-order valence-corrected chi connectivity index (χ4v) is 23.3. The van der Waals surface area contributed by atoms with Crippen molar-refractivity contribution < 1.29 is 164 Å². The number of imidazole rings is 3. The molecule has 17 N–H and O–H groups in total. The molecule has 2 amide bonds. The molecule has 6 fully saturated rings. The Morgan fingerprint density at radius 2 is 0.856 bits per heavy atom. The minimum Gasteiger partial charge on any atom is -0.387 e. The van der Waals surface area contributed by atoms with Crippen molar-refractivity contribution in [2.75, 3.05) is 158 Å². The molecular weight excluding hydrogens is 2110 g/mol. The lowest BCUT2D eigenvalue weighted by Crippen LogP contribution is -2.57. The molecular formula is C77H114N23O38P5S3. The lowest BCUT2D eigenvalue weighted by molar-refractivity contribution is -0.0907. The monoisotopic (exact) mass is 2220 g/mol. The number of rotatable bonds is 53. The summed E-state index contributed by atoms with van der Waals surface area (Å²) in [5.41, 5.74) is 29.6. The molecule has 0 radical (unpaired) electrons. The van der Waals surface area contributed by atoms with Gasteiger partial charge in [0.05, 0.1) is 130 Å². The number of nitrogen functional groups attached to an aromatic ring is 4. The molecule has 146 heavy (non-hydrogen) atoms. The number of hydrogen-bond donors (Lipinski definition) is 13. The zero-order valence-corrected chi connectivity index (χ0v) is 86.5. The lowest BCUT2D eigenvalue weighted by atomic mass is 10.1. The van der Waals surface area contributed by atoms with Crippen molar-refractivity contribution in [3.8, 4) is 0 Å². The number of aryl methyl sites for hydroxylation is 2. The number of fused-ring (bicyclic) bond motifs is 3. The highest BCUT2D eigenvalue weighted by Gasteiger charge is 2.59. The molecule has 12 unspecified atom stereocenters. The van der Waals surface area contributed by atoms with Gasteiger partial charge in [-0.25, -0.2) is 72.9 Å². The van der Waals surface area contributed by atoms with Gasteiger partial charge in [-0.3, -0.25) is 69.2 Å². The number of carbonyl (C=O) groups is 1. The zero-order valence-electron chi connectivity index (χ0n) is 79.5. The largest absolute Gasteiger partial charge is 0.472 e. The van der Waals surface area contributed by atoms with Crippen LogP contribution in [0.15, 0.2) is 76.5 Å². The summed E-state index contributed by atoms with van der Waals surface area (Å²) in [4.78, 5) is 150. The second-order valence-corrected chi connectivity index (χ2v) is 45.1. The Labute approximate surface area is 844 Å². The van der Waals surface area contributed by atoms with E-state index in [1.54, 1.807) is 11.5 Å². The maximum Gasteiger partial charge on any atom is 0.472 e. The fraction of sp³-hybridized carbons (Fsp3) is 0.662. The fourth-order valence-electron chi connectivity index (χ4n) is 17.0. The van der Waals surface area contributed by atoms with Gasteiger partial charge in [-0.2, -0.15) is 4.98 Å². The van der Waals surface area contributed by atoms with Gasteiger partial charge in [-0.15, -0.1) is 0 Å². The number of nitrogens with two attached hydrogens (primary N) is 5. The Balaban J connectivity index is 0.714. The average molecular weight is 2220 g/mol. The quantitative estimate of drug-likeness (QED) is 0.0136. The average Bonchev–Trinajstić information content (AvgIpc) is 1.55. The molecule has 8 aromatic heterocycles. The van der Waals surface area contributed by atoms with E-state index in [4.69, 9.17) is 173 Å². The number of hydrogen-bond acceptors (Lipinski definition) is 51. The molecule has 15 heterocycles.